The van der Waals surface area contributed by atoms with Crippen LogP contribution in [-0.2, 0) is 0 Å². The van der Waals surface area contributed by atoms with E-state index in [1.165, 1.54) is 17.7 Å². The number of nitrogens with two attached hydrogens (primary N) is 1. The molecule has 0 saturated carbocycles. The highest BCUT2D eigenvalue weighted by Crippen LogP contribution is 2.34. The molecule has 4 aromatic rings. The van der Waals surface area contributed by atoms with E-state index in [0.29, 0.717) is 28.2 Å². The van der Waals surface area contributed by atoms with Crippen molar-refractivity contribution >= 4 is 49.7 Å². The molecule has 0 fully saturated rings. The standard InChI is InChI=1S/C19H18N6O2S/c1-26-11-7-8-13-15(9-11)28-19(24-13)25-18-16(20)17(21-10-22-18)23-12-5-3-4-6-14(12)27-2/h3-10H,20H2,1-2H3,(H2,21,22,23,24,25). The highest BCUT2D eigenvalue weighted by molar-refractivity contribution is 7.22. The van der Waals surface area contributed by atoms with Gasteiger partial charge in [0.15, 0.2) is 16.8 Å². The Kier molecular flexibility index (Phi) is 4.81. The van der Waals surface area contributed by atoms with Gasteiger partial charge in [-0.15, -0.1) is 0 Å². The number of hydrogen-bond donors (Lipinski definition) is 3. The van der Waals surface area contributed by atoms with Crippen molar-refractivity contribution in [2.75, 3.05) is 30.6 Å². The molecule has 0 aliphatic heterocycles. The molecule has 4 rings (SSSR count). The van der Waals surface area contributed by atoms with Gasteiger partial charge in [0.05, 0.1) is 30.1 Å². The van der Waals surface area contributed by atoms with Crippen LogP contribution in [0.5, 0.6) is 11.5 Å². The monoisotopic (exact) mass is 394 g/mol. The molecule has 0 radical (unpaired) electrons. The minimum absolute atomic E-state index is 0.380. The molecule has 0 atom stereocenters. The lowest BCUT2D eigenvalue weighted by Gasteiger charge is -2.13. The minimum Gasteiger partial charge on any atom is -0.497 e. The van der Waals surface area contributed by atoms with Gasteiger partial charge in [-0.2, -0.15) is 0 Å². The molecule has 9 heteroatoms. The number of rotatable bonds is 6. The average molecular weight is 394 g/mol. The van der Waals surface area contributed by atoms with Crippen LogP contribution in [0.2, 0.25) is 0 Å². The molecule has 2 aromatic carbocycles. The first-order chi connectivity index (χ1) is 13.7. The lowest BCUT2D eigenvalue weighted by molar-refractivity contribution is 0.415. The summed E-state index contributed by atoms with van der Waals surface area (Å²) in [5, 5.41) is 7.04. The van der Waals surface area contributed by atoms with Crippen molar-refractivity contribution in [2.24, 2.45) is 0 Å². The summed E-state index contributed by atoms with van der Waals surface area (Å²) in [6, 6.07) is 13.3. The van der Waals surface area contributed by atoms with E-state index in [1.54, 1.807) is 14.2 Å². The highest BCUT2D eigenvalue weighted by Gasteiger charge is 2.13. The first kappa shape index (κ1) is 17.8. The SMILES string of the molecule is COc1ccc2nc(Nc3ncnc(Nc4ccccc4OC)c3N)sc2c1. The minimum atomic E-state index is 0.380. The van der Waals surface area contributed by atoms with Gasteiger partial charge in [-0.1, -0.05) is 23.5 Å². The largest absolute Gasteiger partial charge is 0.497 e. The lowest BCUT2D eigenvalue weighted by Crippen LogP contribution is -2.05. The molecule has 0 aliphatic rings. The quantitative estimate of drug-likeness (QED) is 0.447. The number of nitrogens with one attached hydrogen (secondary N) is 2. The Morgan fingerprint density at radius 3 is 2.54 bits per heavy atom. The van der Waals surface area contributed by atoms with Crippen LogP contribution in [0.15, 0.2) is 48.8 Å². The maximum atomic E-state index is 6.28. The fourth-order valence-corrected chi connectivity index (χ4v) is 3.55. The zero-order chi connectivity index (χ0) is 19.5. The fraction of sp³-hybridized carbons (Fsp3) is 0.105. The van der Waals surface area contributed by atoms with Gasteiger partial charge in [0.1, 0.15) is 23.5 Å². The topological polar surface area (TPSA) is 107 Å². The van der Waals surface area contributed by atoms with Crippen molar-refractivity contribution < 1.29 is 9.47 Å². The molecule has 2 heterocycles. The summed E-state index contributed by atoms with van der Waals surface area (Å²) < 4.78 is 11.6. The number of para-hydroxylation sites is 2. The van der Waals surface area contributed by atoms with E-state index in [2.05, 4.69) is 25.6 Å². The number of methoxy groups -OCH3 is 2. The number of nitrogens with zero attached hydrogens (tertiary/aromatic N) is 3. The van der Waals surface area contributed by atoms with Gasteiger partial charge in [0.25, 0.3) is 0 Å². The Hall–Kier alpha value is -3.59. The van der Waals surface area contributed by atoms with Gasteiger partial charge in [-0.3, -0.25) is 0 Å². The molecule has 0 unspecified atom stereocenters. The first-order valence-corrected chi connectivity index (χ1v) is 9.21. The Labute approximate surface area is 165 Å². The van der Waals surface area contributed by atoms with E-state index in [-0.39, 0.29) is 0 Å². The summed E-state index contributed by atoms with van der Waals surface area (Å²) in [6.07, 6.45) is 1.44. The number of nitrogen functional groups attached to an aromatic ring is 1. The van der Waals surface area contributed by atoms with Gasteiger partial charge in [0, 0.05) is 0 Å². The smallest absolute Gasteiger partial charge is 0.189 e. The number of benzene rings is 2. The zero-order valence-electron chi connectivity index (χ0n) is 15.3. The van der Waals surface area contributed by atoms with Gasteiger partial charge < -0.3 is 25.8 Å². The Balaban J connectivity index is 1.61. The molecular formula is C19H18N6O2S. The fourth-order valence-electron chi connectivity index (χ4n) is 2.66. The molecule has 4 N–H and O–H groups in total. The van der Waals surface area contributed by atoms with Crippen LogP contribution in [0.25, 0.3) is 10.2 Å². The number of hydrogen-bond acceptors (Lipinski definition) is 9. The Morgan fingerprint density at radius 1 is 0.964 bits per heavy atom. The second-order valence-corrected chi connectivity index (χ2v) is 6.82. The van der Waals surface area contributed by atoms with Gasteiger partial charge in [-0.05, 0) is 30.3 Å². The molecule has 0 spiro atoms. The van der Waals surface area contributed by atoms with Crippen LogP contribution in [-0.4, -0.2) is 29.2 Å². The van der Waals surface area contributed by atoms with Gasteiger partial charge in [0.2, 0.25) is 0 Å². The number of anilines is 5. The van der Waals surface area contributed by atoms with Crippen LogP contribution in [0.4, 0.5) is 28.1 Å². The second kappa shape index (κ2) is 7.57. The number of ether oxygens (including phenoxy) is 2. The van der Waals surface area contributed by atoms with Crippen molar-refractivity contribution in [1.82, 2.24) is 15.0 Å². The lowest BCUT2D eigenvalue weighted by atomic mass is 10.3. The Bertz CT molecular complexity index is 1130. The van der Waals surface area contributed by atoms with E-state index >= 15 is 0 Å². The average Bonchev–Trinajstić information content (AvgIpc) is 3.12. The molecule has 0 amide bonds. The summed E-state index contributed by atoms with van der Waals surface area (Å²) in [4.78, 5) is 13.0. The zero-order valence-corrected chi connectivity index (χ0v) is 16.1. The third-order valence-corrected chi connectivity index (χ3v) is 5.00. The van der Waals surface area contributed by atoms with Gasteiger partial charge >= 0.3 is 0 Å². The molecule has 2 aromatic heterocycles. The van der Waals surface area contributed by atoms with E-state index in [4.69, 9.17) is 15.2 Å². The van der Waals surface area contributed by atoms with Crippen molar-refractivity contribution in [3.63, 3.8) is 0 Å². The van der Waals surface area contributed by atoms with Crippen LogP contribution in [0, 0.1) is 0 Å². The van der Waals surface area contributed by atoms with Crippen molar-refractivity contribution in [2.45, 2.75) is 0 Å². The summed E-state index contributed by atoms with van der Waals surface area (Å²) in [6.45, 7) is 0. The van der Waals surface area contributed by atoms with Crippen LogP contribution in [0.1, 0.15) is 0 Å². The molecule has 8 nitrogen and oxygen atoms in total. The third kappa shape index (κ3) is 3.47. The summed E-state index contributed by atoms with van der Waals surface area (Å²) in [5.74, 6) is 2.42. The number of thiazole rings is 1. The van der Waals surface area contributed by atoms with E-state index < -0.39 is 0 Å². The maximum absolute atomic E-state index is 6.28. The summed E-state index contributed by atoms with van der Waals surface area (Å²) in [5.41, 5.74) is 8.28. The number of fused-ring (bicyclic) bond motifs is 1. The highest BCUT2D eigenvalue weighted by atomic mass is 32.1. The normalized spacial score (nSPS) is 10.6. The van der Waals surface area contributed by atoms with Crippen LogP contribution in [0.3, 0.4) is 0 Å². The second-order valence-electron chi connectivity index (χ2n) is 5.79. The molecule has 28 heavy (non-hydrogen) atoms. The molecular weight excluding hydrogens is 376 g/mol. The van der Waals surface area contributed by atoms with Crippen molar-refractivity contribution in [3.05, 3.63) is 48.8 Å². The predicted octanol–water partition coefficient (Wildman–Crippen LogP) is 4.17. The predicted molar refractivity (Wildman–Crippen MR) is 112 cm³/mol. The van der Waals surface area contributed by atoms with E-state index in [9.17, 15) is 0 Å². The summed E-state index contributed by atoms with van der Waals surface area (Å²) >= 11 is 1.49. The van der Waals surface area contributed by atoms with E-state index in [0.717, 1.165) is 21.7 Å². The Morgan fingerprint density at radius 2 is 1.75 bits per heavy atom. The molecule has 142 valence electrons. The summed E-state index contributed by atoms with van der Waals surface area (Å²) in [7, 11) is 3.25. The maximum Gasteiger partial charge on any atom is 0.189 e. The van der Waals surface area contributed by atoms with E-state index in [1.807, 2.05) is 42.5 Å². The third-order valence-electron chi connectivity index (χ3n) is 4.06. The first-order valence-electron chi connectivity index (χ1n) is 8.40. The van der Waals surface area contributed by atoms with Crippen LogP contribution >= 0.6 is 11.3 Å². The number of aromatic nitrogens is 3. The van der Waals surface area contributed by atoms with Crippen molar-refractivity contribution in [1.29, 1.82) is 0 Å². The van der Waals surface area contributed by atoms with Gasteiger partial charge in [-0.25, -0.2) is 15.0 Å². The molecule has 0 saturated heterocycles. The van der Waals surface area contributed by atoms with Crippen LogP contribution < -0.4 is 25.8 Å². The van der Waals surface area contributed by atoms with Crippen molar-refractivity contribution in [3.8, 4) is 11.5 Å². The molecule has 0 aliphatic carbocycles. The molecule has 0 bridgehead atoms.